The van der Waals surface area contributed by atoms with E-state index in [4.69, 9.17) is 4.52 Å². The average Bonchev–Trinajstić information content (AvgIpc) is 3.32. The van der Waals surface area contributed by atoms with Gasteiger partial charge in [0.15, 0.2) is 0 Å². The van der Waals surface area contributed by atoms with Crippen LogP contribution in [-0.2, 0) is 11.2 Å². The first-order valence-electron chi connectivity index (χ1n) is 8.95. The molecule has 0 N–H and O–H groups in total. The van der Waals surface area contributed by atoms with Crippen LogP contribution in [0.1, 0.15) is 35.9 Å². The van der Waals surface area contributed by atoms with E-state index in [1.807, 2.05) is 60.4 Å². The lowest BCUT2D eigenvalue weighted by Gasteiger charge is -2.22. The molecule has 1 fully saturated rings. The number of carbonyl (C=O) groups is 1. The normalized spacial score (nSPS) is 16.8. The van der Waals surface area contributed by atoms with Crippen molar-refractivity contribution in [2.45, 2.75) is 32.2 Å². The third-order valence-electron chi connectivity index (χ3n) is 4.77. The number of nitrogens with zero attached hydrogens (tertiary/aromatic N) is 3. The smallest absolute Gasteiger partial charge is 0.249 e. The molecular formula is C21H21N3O2. The van der Waals surface area contributed by atoms with Crippen LogP contribution in [0.15, 0.2) is 59.1 Å². The Labute approximate surface area is 152 Å². The standard InChI is InChI=1S/C21H21N3O2/c1-15-7-5-8-16(13-15)14-19(25)24-12-6-11-18(24)21-22-20(23-26-21)17-9-3-2-4-10-17/h2-5,7-10,13,18H,6,11-12,14H2,1H3. The summed E-state index contributed by atoms with van der Waals surface area (Å²) in [6.07, 6.45) is 2.21. The molecular weight excluding hydrogens is 326 g/mol. The van der Waals surface area contributed by atoms with Gasteiger partial charge >= 0.3 is 0 Å². The quantitative estimate of drug-likeness (QED) is 0.717. The van der Waals surface area contributed by atoms with Crippen molar-refractivity contribution >= 4 is 5.91 Å². The lowest BCUT2D eigenvalue weighted by Crippen LogP contribution is -2.32. The van der Waals surface area contributed by atoms with E-state index < -0.39 is 0 Å². The summed E-state index contributed by atoms with van der Waals surface area (Å²) in [6, 6.07) is 17.7. The molecule has 1 aliphatic heterocycles. The fourth-order valence-electron chi connectivity index (χ4n) is 3.50. The van der Waals surface area contributed by atoms with Crippen molar-refractivity contribution in [2.75, 3.05) is 6.54 Å². The molecule has 3 aromatic rings. The van der Waals surface area contributed by atoms with Gasteiger partial charge in [-0.1, -0.05) is 65.3 Å². The van der Waals surface area contributed by atoms with Crippen molar-refractivity contribution in [3.05, 3.63) is 71.6 Å². The van der Waals surface area contributed by atoms with Gasteiger partial charge in [-0.3, -0.25) is 4.79 Å². The number of aryl methyl sites for hydroxylation is 1. The highest BCUT2D eigenvalue weighted by Gasteiger charge is 2.34. The zero-order valence-corrected chi connectivity index (χ0v) is 14.8. The molecule has 0 bridgehead atoms. The van der Waals surface area contributed by atoms with E-state index in [1.54, 1.807) is 0 Å². The Bertz CT molecular complexity index is 904. The summed E-state index contributed by atoms with van der Waals surface area (Å²) in [5.74, 6) is 1.20. The van der Waals surface area contributed by atoms with Gasteiger partial charge in [0, 0.05) is 12.1 Å². The maximum absolute atomic E-state index is 12.8. The summed E-state index contributed by atoms with van der Waals surface area (Å²) < 4.78 is 5.50. The molecule has 5 nitrogen and oxygen atoms in total. The zero-order chi connectivity index (χ0) is 17.9. The maximum atomic E-state index is 12.8. The Kier molecular flexibility index (Phi) is 4.52. The largest absolute Gasteiger partial charge is 0.337 e. The average molecular weight is 347 g/mol. The molecule has 1 aliphatic rings. The summed E-state index contributed by atoms with van der Waals surface area (Å²) in [5.41, 5.74) is 3.12. The number of amides is 1. The highest BCUT2D eigenvalue weighted by molar-refractivity contribution is 5.79. The van der Waals surface area contributed by atoms with E-state index in [2.05, 4.69) is 16.2 Å². The molecule has 5 heteroatoms. The van der Waals surface area contributed by atoms with Crippen LogP contribution in [0.2, 0.25) is 0 Å². The number of carbonyl (C=O) groups excluding carboxylic acids is 1. The predicted octanol–water partition coefficient (Wildman–Crippen LogP) is 3.95. The number of rotatable bonds is 4. The highest BCUT2D eigenvalue weighted by atomic mass is 16.5. The van der Waals surface area contributed by atoms with Crippen LogP contribution >= 0.6 is 0 Å². The molecule has 2 heterocycles. The van der Waals surface area contributed by atoms with Crippen molar-refractivity contribution in [1.29, 1.82) is 0 Å². The minimum absolute atomic E-state index is 0.109. The van der Waals surface area contributed by atoms with Gasteiger partial charge in [0.1, 0.15) is 6.04 Å². The van der Waals surface area contributed by atoms with Gasteiger partial charge in [0.05, 0.1) is 6.42 Å². The van der Waals surface area contributed by atoms with E-state index in [1.165, 1.54) is 0 Å². The molecule has 0 aliphatic carbocycles. The summed E-state index contributed by atoms with van der Waals surface area (Å²) >= 11 is 0. The van der Waals surface area contributed by atoms with Crippen LogP contribution in [0.3, 0.4) is 0 Å². The first-order chi connectivity index (χ1) is 12.7. The van der Waals surface area contributed by atoms with Crippen LogP contribution in [0.4, 0.5) is 0 Å². The Morgan fingerprint density at radius 3 is 2.85 bits per heavy atom. The molecule has 132 valence electrons. The molecule has 0 saturated carbocycles. The third kappa shape index (κ3) is 3.38. The van der Waals surface area contributed by atoms with Crippen LogP contribution in [0.25, 0.3) is 11.4 Å². The molecule has 0 radical (unpaired) electrons. The minimum Gasteiger partial charge on any atom is -0.337 e. The van der Waals surface area contributed by atoms with Crippen LogP contribution in [0, 0.1) is 6.92 Å². The Hall–Kier alpha value is -2.95. The molecule has 26 heavy (non-hydrogen) atoms. The summed E-state index contributed by atoms with van der Waals surface area (Å²) in [4.78, 5) is 19.2. The fraction of sp³-hybridized carbons (Fsp3) is 0.286. The van der Waals surface area contributed by atoms with Crippen LogP contribution in [0.5, 0.6) is 0 Å². The number of hydrogen-bond donors (Lipinski definition) is 0. The third-order valence-corrected chi connectivity index (χ3v) is 4.77. The summed E-state index contributed by atoms with van der Waals surface area (Å²) in [6.45, 7) is 2.77. The van der Waals surface area contributed by atoms with Gasteiger partial charge in [0.25, 0.3) is 0 Å². The van der Waals surface area contributed by atoms with Crippen LogP contribution < -0.4 is 0 Å². The van der Waals surface area contributed by atoms with E-state index in [-0.39, 0.29) is 11.9 Å². The molecule has 1 amide bonds. The van der Waals surface area contributed by atoms with E-state index in [0.717, 1.165) is 36.1 Å². The maximum Gasteiger partial charge on any atom is 0.249 e. The van der Waals surface area contributed by atoms with E-state index in [0.29, 0.717) is 18.1 Å². The van der Waals surface area contributed by atoms with Crippen molar-refractivity contribution in [2.24, 2.45) is 0 Å². The second-order valence-electron chi connectivity index (χ2n) is 6.73. The second-order valence-corrected chi connectivity index (χ2v) is 6.73. The minimum atomic E-state index is -0.128. The van der Waals surface area contributed by atoms with Crippen molar-refractivity contribution in [1.82, 2.24) is 15.0 Å². The summed E-state index contributed by atoms with van der Waals surface area (Å²) in [5, 5.41) is 4.10. The van der Waals surface area contributed by atoms with Crippen LogP contribution in [-0.4, -0.2) is 27.5 Å². The Morgan fingerprint density at radius 2 is 2.04 bits per heavy atom. The monoisotopic (exact) mass is 347 g/mol. The first kappa shape index (κ1) is 16.5. The van der Waals surface area contributed by atoms with Crippen molar-refractivity contribution in [3.8, 4) is 11.4 Å². The number of benzene rings is 2. The second kappa shape index (κ2) is 7.12. The molecule has 4 rings (SSSR count). The Morgan fingerprint density at radius 1 is 1.19 bits per heavy atom. The van der Waals surface area contributed by atoms with Gasteiger partial charge in [-0.2, -0.15) is 4.98 Å². The SMILES string of the molecule is Cc1cccc(CC(=O)N2CCCC2c2nc(-c3ccccc3)no2)c1. The first-order valence-corrected chi connectivity index (χ1v) is 8.95. The van der Waals surface area contributed by atoms with Crippen molar-refractivity contribution in [3.63, 3.8) is 0 Å². The van der Waals surface area contributed by atoms with E-state index >= 15 is 0 Å². The topological polar surface area (TPSA) is 59.2 Å². The molecule has 0 spiro atoms. The number of aromatic nitrogens is 2. The van der Waals surface area contributed by atoms with E-state index in [9.17, 15) is 4.79 Å². The number of hydrogen-bond acceptors (Lipinski definition) is 4. The molecule has 1 saturated heterocycles. The van der Waals surface area contributed by atoms with Gasteiger partial charge < -0.3 is 9.42 Å². The lowest BCUT2D eigenvalue weighted by atomic mass is 10.1. The fourth-order valence-corrected chi connectivity index (χ4v) is 3.50. The number of likely N-dealkylation sites (tertiary alicyclic amines) is 1. The lowest BCUT2D eigenvalue weighted by molar-refractivity contribution is -0.131. The van der Waals surface area contributed by atoms with Gasteiger partial charge in [-0.25, -0.2) is 0 Å². The summed E-state index contributed by atoms with van der Waals surface area (Å²) in [7, 11) is 0. The van der Waals surface area contributed by atoms with Gasteiger partial charge in [-0.05, 0) is 25.3 Å². The Balaban J connectivity index is 1.51. The highest BCUT2D eigenvalue weighted by Crippen LogP contribution is 2.32. The van der Waals surface area contributed by atoms with Gasteiger partial charge in [0.2, 0.25) is 17.6 Å². The van der Waals surface area contributed by atoms with Crippen molar-refractivity contribution < 1.29 is 9.32 Å². The molecule has 1 unspecified atom stereocenters. The molecule has 2 aromatic carbocycles. The predicted molar refractivity (Wildman–Crippen MR) is 98.3 cm³/mol. The zero-order valence-electron chi connectivity index (χ0n) is 14.8. The molecule has 1 aromatic heterocycles. The molecule has 1 atom stereocenters. The van der Waals surface area contributed by atoms with Gasteiger partial charge in [-0.15, -0.1) is 0 Å².